The van der Waals surface area contributed by atoms with E-state index in [-0.39, 0.29) is 5.92 Å². The van der Waals surface area contributed by atoms with Gasteiger partial charge in [-0.15, -0.1) is 0 Å². The van der Waals surface area contributed by atoms with Gasteiger partial charge in [-0.3, -0.25) is 4.79 Å². The van der Waals surface area contributed by atoms with Gasteiger partial charge in [-0.05, 0) is 11.5 Å². The average Bonchev–Trinajstić information content (AvgIpc) is 2.28. The first-order chi connectivity index (χ1) is 7.63. The highest BCUT2D eigenvalue weighted by molar-refractivity contribution is 5.66. The molecule has 0 aliphatic carbocycles. The van der Waals surface area contributed by atoms with E-state index in [1.807, 2.05) is 43.3 Å². The molecule has 0 fully saturated rings. The van der Waals surface area contributed by atoms with Crippen molar-refractivity contribution in [2.75, 3.05) is 0 Å². The van der Waals surface area contributed by atoms with Gasteiger partial charge >= 0.3 is 5.97 Å². The van der Waals surface area contributed by atoms with E-state index in [1.165, 1.54) is 6.92 Å². The summed E-state index contributed by atoms with van der Waals surface area (Å²) >= 11 is 0. The fourth-order valence-corrected chi connectivity index (χ4v) is 1.57. The summed E-state index contributed by atoms with van der Waals surface area (Å²) in [6.45, 7) is 3.33. The number of hydrogen-bond donors (Lipinski definition) is 0. The Bertz CT molecular complexity index is 381. The zero-order chi connectivity index (χ0) is 12.0. The molecule has 1 aromatic rings. The summed E-state index contributed by atoms with van der Waals surface area (Å²) in [5, 5.41) is 8.84. The van der Waals surface area contributed by atoms with Gasteiger partial charge in [0.2, 0.25) is 0 Å². The van der Waals surface area contributed by atoms with Crippen LogP contribution in [0, 0.1) is 11.3 Å². The molecule has 0 saturated carbocycles. The van der Waals surface area contributed by atoms with E-state index < -0.39 is 12.1 Å². The van der Waals surface area contributed by atoms with Crippen LogP contribution in [0.5, 0.6) is 0 Å². The minimum atomic E-state index is -0.660. The zero-order valence-corrected chi connectivity index (χ0v) is 9.51. The van der Waals surface area contributed by atoms with E-state index >= 15 is 0 Å². The molecule has 0 amide bonds. The maximum atomic E-state index is 10.8. The van der Waals surface area contributed by atoms with E-state index in [4.69, 9.17) is 10.00 Å². The van der Waals surface area contributed by atoms with Gasteiger partial charge in [-0.25, -0.2) is 0 Å². The Labute approximate surface area is 95.7 Å². The van der Waals surface area contributed by atoms with Crippen LogP contribution in [0.3, 0.4) is 0 Å². The molecule has 0 aliphatic rings. The summed E-state index contributed by atoms with van der Waals surface area (Å²) in [6, 6.07) is 11.9. The maximum absolute atomic E-state index is 10.8. The van der Waals surface area contributed by atoms with Crippen LogP contribution in [-0.2, 0) is 9.53 Å². The first-order valence-corrected chi connectivity index (χ1v) is 5.25. The molecule has 0 N–H and O–H groups in total. The molecular weight excluding hydrogens is 202 g/mol. The molecule has 1 rings (SSSR count). The van der Waals surface area contributed by atoms with Crippen molar-refractivity contribution in [3.05, 3.63) is 35.9 Å². The zero-order valence-electron chi connectivity index (χ0n) is 9.51. The van der Waals surface area contributed by atoms with E-state index in [2.05, 4.69) is 0 Å². The van der Waals surface area contributed by atoms with Crippen LogP contribution < -0.4 is 0 Å². The van der Waals surface area contributed by atoms with Crippen molar-refractivity contribution in [1.82, 2.24) is 0 Å². The second kappa shape index (κ2) is 5.92. The van der Waals surface area contributed by atoms with Gasteiger partial charge in [0.15, 0.2) is 6.10 Å². The van der Waals surface area contributed by atoms with Crippen molar-refractivity contribution in [3.63, 3.8) is 0 Å². The SMILES string of the molecule is CC(=O)O[C@H](C#N)C[C@@H](C)c1ccccc1. The Morgan fingerprint density at radius 3 is 2.56 bits per heavy atom. The summed E-state index contributed by atoms with van der Waals surface area (Å²) in [4.78, 5) is 10.8. The Morgan fingerprint density at radius 1 is 1.44 bits per heavy atom. The molecule has 84 valence electrons. The number of esters is 1. The number of ether oxygens (including phenoxy) is 1. The quantitative estimate of drug-likeness (QED) is 0.728. The molecule has 0 unspecified atom stereocenters. The Hall–Kier alpha value is -1.82. The van der Waals surface area contributed by atoms with Crippen molar-refractivity contribution >= 4 is 5.97 Å². The van der Waals surface area contributed by atoms with Gasteiger partial charge in [-0.2, -0.15) is 5.26 Å². The Balaban J connectivity index is 2.60. The number of nitrogens with zero attached hydrogens (tertiary/aromatic N) is 1. The van der Waals surface area contributed by atoms with Crippen molar-refractivity contribution in [2.24, 2.45) is 0 Å². The van der Waals surface area contributed by atoms with Crippen LogP contribution >= 0.6 is 0 Å². The lowest BCUT2D eigenvalue weighted by atomic mass is 9.95. The largest absolute Gasteiger partial charge is 0.447 e. The van der Waals surface area contributed by atoms with Crippen molar-refractivity contribution in [2.45, 2.75) is 32.3 Å². The summed E-state index contributed by atoms with van der Waals surface area (Å²) in [7, 11) is 0. The highest BCUT2D eigenvalue weighted by Crippen LogP contribution is 2.21. The third kappa shape index (κ3) is 3.74. The molecule has 3 heteroatoms. The van der Waals surface area contributed by atoms with Gasteiger partial charge < -0.3 is 4.74 Å². The minimum absolute atomic E-state index is 0.199. The van der Waals surface area contributed by atoms with Crippen LogP contribution in [0.1, 0.15) is 31.7 Å². The molecule has 0 spiro atoms. The summed E-state index contributed by atoms with van der Waals surface area (Å²) in [6.07, 6.45) is -0.132. The van der Waals surface area contributed by atoms with Crippen molar-refractivity contribution < 1.29 is 9.53 Å². The third-order valence-electron chi connectivity index (χ3n) is 2.39. The van der Waals surface area contributed by atoms with Crippen LogP contribution in [0.15, 0.2) is 30.3 Å². The van der Waals surface area contributed by atoms with E-state index in [1.54, 1.807) is 0 Å². The molecule has 1 aromatic carbocycles. The second-order valence-corrected chi connectivity index (χ2v) is 3.77. The fraction of sp³-hybridized carbons (Fsp3) is 0.385. The molecule has 0 radical (unpaired) electrons. The van der Waals surface area contributed by atoms with Crippen LogP contribution in [0.2, 0.25) is 0 Å². The smallest absolute Gasteiger partial charge is 0.303 e. The van der Waals surface area contributed by atoms with Crippen LogP contribution in [0.4, 0.5) is 0 Å². The molecule has 0 saturated heterocycles. The topological polar surface area (TPSA) is 50.1 Å². The molecule has 0 bridgehead atoms. The van der Waals surface area contributed by atoms with Crippen LogP contribution in [-0.4, -0.2) is 12.1 Å². The predicted molar refractivity (Wildman–Crippen MR) is 60.6 cm³/mol. The molecule has 0 heterocycles. The van der Waals surface area contributed by atoms with Gasteiger partial charge in [0.05, 0.1) is 0 Å². The molecule has 0 aliphatic heterocycles. The van der Waals surface area contributed by atoms with Gasteiger partial charge in [0.1, 0.15) is 6.07 Å². The van der Waals surface area contributed by atoms with E-state index in [0.717, 1.165) is 5.56 Å². The third-order valence-corrected chi connectivity index (χ3v) is 2.39. The normalized spacial score (nSPS) is 13.6. The molecule has 2 atom stereocenters. The number of hydrogen-bond acceptors (Lipinski definition) is 3. The lowest BCUT2D eigenvalue weighted by molar-refractivity contribution is -0.144. The highest BCUT2D eigenvalue weighted by Gasteiger charge is 2.16. The summed E-state index contributed by atoms with van der Waals surface area (Å²) < 4.78 is 4.89. The first-order valence-electron chi connectivity index (χ1n) is 5.25. The standard InChI is InChI=1S/C13H15NO2/c1-10(12-6-4-3-5-7-12)8-13(9-14)16-11(2)15/h3-7,10,13H,8H2,1-2H3/t10-,13+/m1/s1. The summed E-state index contributed by atoms with van der Waals surface area (Å²) in [5.74, 6) is -0.211. The van der Waals surface area contributed by atoms with Gasteiger partial charge in [0.25, 0.3) is 0 Å². The number of rotatable bonds is 4. The fourth-order valence-electron chi connectivity index (χ4n) is 1.57. The second-order valence-electron chi connectivity index (χ2n) is 3.77. The molecule has 3 nitrogen and oxygen atoms in total. The Morgan fingerprint density at radius 2 is 2.06 bits per heavy atom. The lowest BCUT2D eigenvalue weighted by Gasteiger charge is -2.15. The van der Waals surface area contributed by atoms with Crippen LogP contribution in [0.25, 0.3) is 0 Å². The number of carbonyl (C=O) groups excluding carboxylic acids is 1. The summed E-state index contributed by atoms with van der Waals surface area (Å²) in [5.41, 5.74) is 1.15. The molecular formula is C13H15NO2. The highest BCUT2D eigenvalue weighted by atomic mass is 16.5. The maximum Gasteiger partial charge on any atom is 0.303 e. The van der Waals surface area contributed by atoms with E-state index in [0.29, 0.717) is 6.42 Å². The lowest BCUT2D eigenvalue weighted by Crippen LogP contribution is -2.16. The molecule has 0 aromatic heterocycles. The predicted octanol–water partition coefficient (Wildman–Crippen LogP) is 2.64. The van der Waals surface area contributed by atoms with E-state index in [9.17, 15) is 4.79 Å². The van der Waals surface area contributed by atoms with Gasteiger partial charge in [0, 0.05) is 13.3 Å². The number of benzene rings is 1. The monoisotopic (exact) mass is 217 g/mol. The van der Waals surface area contributed by atoms with Crippen molar-refractivity contribution in [3.8, 4) is 6.07 Å². The molecule has 16 heavy (non-hydrogen) atoms. The number of carbonyl (C=O) groups is 1. The Kier molecular flexibility index (Phi) is 4.53. The average molecular weight is 217 g/mol. The minimum Gasteiger partial charge on any atom is -0.447 e. The van der Waals surface area contributed by atoms with Crippen molar-refractivity contribution in [1.29, 1.82) is 5.26 Å². The van der Waals surface area contributed by atoms with Gasteiger partial charge in [-0.1, -0.05) is 37.3 Å². The number of nitriles is 1. The first kappa shape index (κ1) is 12.3.